The molecule has 9 rings (SSSR count). The maximum Gasteiger partial charge on any atom is 0.302 e. The summed E-state index contributed by atoms with van der Waals surface area (Å²) in [6.45, 7) is 6.41. The number of hydrogen-bond donors (Lipinski definition) is 1. The van der Waals surface area contributed by atoms with Gasteiger partial charge in [-0.05, 0) is 123 Å². The number of carbonyl (C=O) groups is 4. The van der Waals surface area contributed by atoms with Crippen LogP contribution in [0.4, 0.5) is 22.7 Å². The van der Waals surface area contributed by atoms with Gasteiger partial charge in [-0.3, -0.25) is 19.2 Å². The molecule has 0 spiro atoms. The zero-order chi connectivity index (χ0) is 43.9. The summed E-state index contributed by atoms with van der Waals surface area (Å²) in [6.07, 6.45) is 0. The number of esters is 1. The molecule has 0 aliphatic heterocycles. The van der Waals surface area contributed by atoms with Gasteiger partial charge >= 0.3 is 5.97 Å². The Hall–Kier alpha value is -7.78. The van der Waals surface area contributed by atoms with Crippen molar-refractivity contribution in [1.82, 2.24) is 9.13 Å². The van der Waals surface area contributed by atoms with Crippen LogP contribution in [0.1, 0.15) is 54.0 Å². The highest BCUT2D eigenvalue weighted by atomic mass is 16.5. The molecular weight excluding hydrogens is 773 g/mol. The summed E-state index contributed by atoms with van der Waals surface area (Å²) in [4.78, 5) is 47.2. The molecule has 0 bridgehead atoms. The number of ether oxygens (including phenoxy) is 1. The monoisotopic (exact) mass is 820 g/mol. The fourth-order valence-electron chi connectivity index (χ4n) is 7.64. The Kier molecular flexibility index (Phi) is 12.7. The van der Waals surface area contributed by atoms with E-state index in [-0.39, 0.29) is 23.4 Å². The van der Waals surface area contributed by atoms with Crippen molar-refractivity contribution in [2.45, 2.75) is 34.3 Å². The summed E-state index contributed by atoms with van der Waals surface area (Å²) >= 11 is 0. The topological polar surface area (TPSA) is 103 Å². The van der Waals surface area contributed by atoms with Crippen LogP contribution in [0.25, 0.3) is 43.6 Å². The average molecular weight is 821 g/mol. The standard InChI is InChI=1S/C22H20N2O2.C16H15NO2.C15H13NO/c1-16(25)18-8-12-21(13-9-18)24(20-6-4-3-5-7-20)22-14-10-19(11-15-22)23-17(2)26;1-11(18)19-10-12-7-8-16-14(9-12)13-5-3-4-6-15(13)17(16)2;1-10(17)11-7-8-15-13(9-11)12-5-3-4-6-14(12)16(15)2/h3-15H,1-2H3,(H,23,26);3-9H,10H2,1-2H3;3-9H,1-2H3. The Morgan fingerprint density at radius 1 is 0.484 bits per heavy atom. The van der Waals surface area contributed by atoms with E-state index in [0.29, 0.717) is 12.2 Å². The van der Waals surface area contributed by atoms with Gasteiger partial charge in [-0.25, -0.2) is 0 Å². The Labute approximate surface area is 360 Å². The van der Waals surface area contributed by atoms with Crippen LogP contribution in [0.15, 0.2) is 164 Å². The van der Waals surface area contributed by atoms with E-state index in [2.05, 4.69) is 69.8 Å². The summed E-state index contributed by atoms with van der Waals surface area (Å²) in [5.74, 6) is -0.196. The lowest BCUT2D eigenvalue weighted by atomic mass is 10.1. The van der Waals surface area contributed by atoms with E-state index in [4.69, 9.17) is 4.74 Å². The van der Waals surface area contributed by atoms with Gasteiger partial charge in [-0.1, -0.05) is 60.7 Å². The fourth-order valence-corrected chi connectivity index (χ4v) is 7.64. The van der Waals surface area contributed by atoms with E-state index >= 15 is 0 Å². The lowest BCUT2D eigenvalue weighted by molar-refractivity contribution is -0.142. The van der Waals surface area contributed by atoms with Crippen LogP contribution in [0.2, 0.25) is 0 Å². The van der Waals surface area contributed by atoms with Gasteiger partial charge in [0.05, 0.1) is 0 Å². The van der Waals surface area contributed by atoms with Crippen molar-refractivity contribution in [3.63, 3.8) is 0 Å². The molecule has 9 nitrogen and oxygen atoms in total. The molecule has 1 N–H and O–H groups in total. The number of fused-ring (bicyclic) bond motifs is 6. The Morgan fingerprint density at radius 3 is 1.47 bits per heavy atom. The van der Waals surface area contributed by atoms with Gasteiger partial charge in [-0.2, -0.15) is 0 Å². The highest BCUT2D eigenvalue weighted by molar-refractivity contribution is 6.11. The van der Waals surface area contributed by atoms with E-state index in [1.807, 2.05) is 127 Å². The molecule has 310 valence electrons. The third kappa shape index (κ3) is 9.32. The summed E-state index contributed by atoms with van der Waals surface area (Å²) in [5, 5.41) is 7.55. The molecule has 0 radical (unpaired) electrons. The molecule has 2 aromatic heterocycles. The lowest BCUT2D eigenvalue weighted by Gasteiger charge is -2.25. The van der Waals surface area contributed by atoms with E-state index in [1.165, 1.54) is 46.6 Å². The lowest BCUT2D eigenvalue weighted by Crippen LogP contribution is -2.10. The van der Waals surface area contributed by atoms with Crippen LogP contribution in [0.3, 0.4) is 0 Å². The van der Waals surface area contributed by atoms with Crippen molar-refractivity contribution in [1.29, 1.82) is 0 Å². The first-order chi connectivity index (χ1) is 29.9. The molecule has 0 saturated carbocycles. The summed E-state index contributed by atoms with van der Waals surface area (Å²) in [6, 6.07) is 53.8. The summed E-state index contributed by atoms with van der Waals surface area (Å²) in [5.41, 5.74) is 10.9. The van der Waals surface area contributed by atoms with Crippen molar-refractivity contribution < 1.29 is 23.9 Å². The van der Waals surface area contributed by atoms with Crippen molar-refractivity contribution in [3.05, 3.63) is 180 Å². The molecule has 0 aliphatic carbocycles. The van der Waals surface area contributed by atoms with Gasteiger partial charge in [-0.15, -0.1) is 0 Å². The van der Waals surface area contributed by atoms with Crippen molar-refractivity contribution in [2.24, 2.45) is 14.1 Å². The van der Waals surface area contributed by atoms with Crippen LogP contribution < -0.4 is 10.2 Å². The number of rotatable bonds is 8. The van der Waals surface area contributed by atoms with Gasteiger partial charge in [0, 0.05) is 105 Å². The largest absolute Gasteiger partial charge is 0.461 e. The Balaban J connectivity index is 0.000000144. The molecule has 0 unspecified atom stereocenters. The Morgan fingerprint density at radius 2 is 0.935 bits per heavy atom. The van der Waals surface area contributed by atoms with Gasteiger partial charge < -0.3 is 24.1 Å². The van der Waals surface area contributed by atoms with Crippen molar-refractivity contribution in [2.75, 3.05) is 10.2 Å². The number of nitrogens with one attached hydrogen (secondary N) is 1. The highest BCUT2D eigenvalue weighted by Gasteiger charge is 2.14. The molecule has 9 heteroatoms. The predicted molar refractivity (Wildman–Crippen MR) is 252 cm³/mol. The van der Waals surface area contributed by atoms with Gasteiger partial charge in [0.2, 0.25) is 5.91 Å². The third-order valence-corrected chi connectivity index (χ3v) is 10.7. The van der Waals surface area contributed by atoms with Crippen molar-refractivity contribution in [3.8, 4) is 0 Å². The number of para-hydroxylation sites is 3. The molecule has 62 heavy (non-hydrogen) atoms. The van der Waals surface area contributed by atoms with E-state index in [0.717, 1.165) is 44.8 Å². The number of carbonyl (C=O) groups excluding carboxylic acids is 4. The number of benzene rings is 7. The summed E-state index contributed by atoms with van der Waals surface area (Å²) in [7, 11) is 4.12. The molecule has 0 fully saturated rings. The van der Waals surface area contributed by atoms with E-state index in [9.17, 15) is 19.2 Å². The molecular formula is C53H48N4O5. The number of nitrogens with zero attached hydrogens (tertiary/aromatic N) is 3. The smallest absolute Gasteiger partial charge is 0.302 e. The molecule has 1 amide bonds. The van der Waals surface area contributed by atoms with Crippen LogP contribution in [0.5, 0.6) is 0 Å². The molecule has 0 atom stereocenters. The zero-order valence-electron chi connectivity index (χ0n) is 35.7. The minimum Gasteiger partial charge on any atom is -0.461 e. The second kappa shape index (κ2) is 18.6. The van der Waals surface area contributed by atoms with Crippen LogP contribution in [0, 0.1) is 0 Å². The first-order valence-electron chi connectivity index (χ1n) is 20.3. The number of Topliss-reactive ketones (excluding diaryl/α,β-unsaturated/α-hetero) is 2. The second-order valence-corrected chi connectivity index (χ2v) is 15.1. The maximum atomic E-state index is 11.5. The van der Waals surface area contributed by atoms with Crippen LogP contribution in [-0.4, -0.2) is 32.6 Å². The van der Waals surface area contributed by atoms with Crippen LogP contribution >= 0.6 is 0 Å². The summed E-state index contributed by atoms with van der Waals surface area (Å²) < 4.78 is 9.39. The highest BCUT2D eigenvalue weighted by Crippen LogP contribution is 2.35. The normalized spacial score (nSPS) is 10.7. The number of amides is 1. The van der Waals surface area contributed by atoms with Gasteiger partial charge in [0.25, 0.3) is 0 Å². The quantitative estimate of drug-likeness (QED) is 0.121. The number of anilines is 4. The van der Waals surface area contributed by atoms with E-state index in [1.54, 1.807) is 13.8 Å². The molecule has 0 saturated heterocycles. The average Bonchev–Trinajstić information content (AvgIpc) is 3.73. The first kappa shape index (κ1) is 42.3. The number of ketones is 2. The van der Waals surface area contributed by atoms with Gasteiger partial charge in [0.1, 0.15) is 6.61 Å². The second-order valence-electron chi connectivity index (χ2n) is 15.1. The molecule has 0 aliphatic rings. The van der Waals surface area contributed by atoms with Crippen molar-refractivity contribution >= 4 is 89.8 Å². The maximum absolute atomic E-state index is 11.5. The Bertz CT molecular complexity index is 3070. The molecule has 2 heterocycles. The number of hydrogen-bond acceptors (Lipinski definition) is 6. The van der Waals surface area contributed by atoms with E-state index < -0.39 is 0 Å². The SMILES string of the molecule is CC(=O)Nc1ccc(N(c2ccccc2)c2ccc(C(C)=O)cc2)cc1.CC(=O)OCc1ccc2c(c1)c1ccccc1n2C.CC(=O)c1ccc2c(c1)c1ccccc1n2C. The number of aromatic nitrogens is 2. The number of aryl methyl sites for hydroxylation is 2. The minimum atomic E-state index is -0.252. The third-order valence-electron chi connectivity index (χ3n) is 10.7. The van der Waals surface area contributed by atoms with Gasteiger partial charge in [0.15, 0.2) is 11.6 Å². The minimum absolute atomic E-state index is 0.0440. The van der Waals surface area contributed by atoms with Crippen LogP contribution in [-0.2, 0) is 35.0 Å². The predicted octanol–water partition coefficient (Wildman–Crippen LogP) is 12.2. The first-order valence-corrected chi connectivity index (χ1v) is 20.3. The molecule has 9 aromatic rings. The zero-order valence-corrected chi connectivity index (χ0v) is 35.7. The molecule has 7 aromatic carbocycles. The fraction of sp³-hybridized carbons (Fsp3) is 0.132.